The number of carboxylic acid groups (broad SMARTS) is 1. The topological polar surface area (TPSA) is 104 Å². The Balaban J connectivity index is 1.64. The van der Waals surface area contributed by atoms with E-state index in [1.807, 2.05) is 0 Å². The van der Waals surface area contributed by atoms with Gasteiger partial charge in [-0.3, -0.25) is 10.2 Å². The third kappa shape index (κ3) is 3.24. The molecule has 1 aromatic carbocycles. The molecule has 1 saturated heterocycles. The van der Waals surface area contributed by atoms with Crippen LogP contribution >= 0.6 is 23.1 Å². The highest BCUT2D eigenvalue weighted by Crippen LogP contribution is 2.41. The Morgan fingerprint density at radius 2 is 2.07 bits per heavy atom. The summed E-state index contributed by atoms with van der Waals surface area (Å²) in [4.78, 5) is 28.6. The van der Waals surface area contributed by atoms with E-state index in [0.29, 0.717) is 27.0 Å². The average molecular weight is 396 g/mol. The number of carbonyl (C=O) groups is 2. The van der Waals surface area contributed by atoms with Gasteiger partial charge in [0.15, 0.2) is 5.78 Å². The van der Waals surface area contributed by atoms with Crippen LogP contribution in [-0.2, 0) is 4.79 Å². The lowest BCUT2D eigenvalue weighted by Crippen LogP contribution is -2.11. The summed E-state index contributed by atoms with van der Waals surface area (Å²) in [7, 11) is 0. The number of furan rings is 1. The van der Waals surface area contributed by atoms with Crippen LogP contribution in [0.1, 0.15) is 27.0 Å². The Hall–Kier alpha value is -2.97. The van der Waals surface area contributed by atoms with Crippen molar-refractivity contribution in [1.29, 1.82) is 5.41 Å². The van der Waals surface area contributed by atoms with Crippen molar-refractivity contribution in [3.05, 3.63) is 69.2 Å². The molecule has 0 amide bonds. The number of allylic oxidation sites excluding steroid dienone is 1. The number of carboxylic acids is 1. The van der Waals surface area contributed by atoms with Crippen LogP contribution in [0, 0.1) is 5.41 Å². The maximum Gasteiger partial charge on any atom is 0.336 e. The first-order chi connectivity index (χ1) is 13.0. The van der Waals surface area contributed by atoms with Crippen LogP contribution in [0.4, 0.5) is 0 Å². The molecule has 4 rings (SSSR count). The van der Waals surface area contributed by atoms with E-state index in [-0.39, 0.29) is 16.4 Å². The predicted octanol–water partition coefficient (Wildman–Crippen LogP) is 4.52. The Labute approximate surface area is 162 Å². The fourth-order valence-electron chi connectivity index (χ4n) is 2.78. The molecule has 0 radical (unpaired) electrons. The van der Waals surface area contributed by atoms with Crippen molar-refractivity contribution in [2.45, 2.75) is 5.92 Å². The van der Waals surface area contributed by atoms with Crippen LogP contribution in [0.3, 0.4) is 0 Å². The van der Waals surface area contributed by atoms with Gasteiger partial charge in [0.2, 0.25) is 0 Å². The zero-order chi connectivity index (χ0) is 19.0. The minimum atomic E-state index is -1.04. The molecule has 3 heterocycles. The van der Waals surface area contributed by atoms with E-state index in [0.717, 1.165) is 11.8 Å². The van der Waals surface area contributed by atoms with Crippen molar-refractivity contribution in [3.63, 3.8) is 0 Å². The minimum Gasteiger partial charge on any atom is -0.478 e. The molecule has 0 spiro atoms. The molecule has 2 aromatic heterocycles. The number of hydrogen-bond acceptors (Lipinski definition) is 7. The number of aromatic carboxylic acids is 1. The Morgan fingerprint density at radius 3 is 2.81 bits per heavy atom. The lowest BCUT2D eigenvalue weighted by atomic mass is 10.1. The van der Waals surface area contributed by atoms with Crippen molar-refractivity contribution in [3.8, 4) is 11.3 Å². The number of carbonyl (C=O) groups excluding carboxylic acids is 1. The fourth-order valence-corrected chi connectivity index (χ4v) is 4.57. The maximum atomic E-state index is 12.7. The number of nitrogens with zero attached hydrogens (tertiary/aromatic N) is 1. The second-order valence-corrected chi connectivity index (χ2v) is 7.71. The Bertz CT molecular complexity index is 1080. The van der Waals surface area contributed by atoms with Gasteiger partial charge in [0.25, 0.3) is 0 Å². The highest BCUT2D eigenvalue weighted by molar-refractivity contribution is 8.19. The summed E-state index contributed by atoms with van der Waals surface area (Å²) >= 11 is 2.44. The number of thiazole rings is 1. The monoisotopic (exact) mass is 396 g/mol. The van der Waals surface area contributed by atoms with Gasteiger partial charge in [0.1, 0.15) is 22.4 Å². The molecule has 3 aromatic rings. The van der Waals surface area contributed by atoms with Crippen LogP contribution in [-0.4, -0.2) is 26.9 Å². The van der Waals surface area contributed by atoms with Gasteiger partial charge in [-0.25, -0.2) is 9.78 Å². The SMILES string of the molecule is N=C1S/C(=C\c2ccc(-c3ccccc3C(=O)O)o2)C(=O)[C@@H]1c1nccs1. The molecular weight excluding hydrogens is 384 g/mol. The van der Waals surface area contributed by atoms with Gasteiger partial charge in [-0.2, -0.15) is 0 Å². The summed E-state index contributed by atoms with van der Waals surface area (Å²) in [6.07, 6.45) is 3.20. The molecule has 27 heavy (non-hydrogen) atoms. The normalized spacial score (nSPS) is 18.4. The summed E-state index contributed by atoms with van der Waals surface area (Å²) < 4.78 is 5.74. The summed E-state index contributed by atoms with van der Waals surface area (Å²) in [6, 6.07) is 9.91. The number of hydrogen-bond donors (Lipinski definition) is 2. The number of benzene rings is 1. The van der Waals surface area contributed by atoms with Gasteiger partial charge in [-0.1, -0.05) is 30.0 Å². The molecule has 0 unspecified atom stereocenters. The molecule has 8 heteroatoms. The van der Waals surface area contributed by atoms with Gasteiger partial charge < -0.3 is 9.52 Å². The molecular formula is C19H12N2O4S2. The van der Waals surface area contributed by atoms with Crippen molar-refractivity contribution >= 4 is 46.0 Å². The second-order valence-electron chi connectivity index (χ2n) is 5.70. The van der Waals surface area contributed by atoms with Gasteiger partial charge >= 0.3 is 5.97 Å². The quantitative estimate of drug-likeness (QED) is 0.628. The number of thioether (sulfide) groups is 1. The van der Waals surface area contributed by atoms with E-state index in [9.17, 15) is 14.7 Å². The zero-order valence-electron chi connectivity index (χ0n) is 13.7. The molecule has 1 fully saturated rings. The van der Waals surface area contributed by atoms with Gasteiger partial charge in [-0.05, 0) is 24.3 Å². The smallest absolute Gasteiger partial charge is 0.336 e. The van der Waals surface area contributed by atoms with Crippen molar-refractivity contribution in [1.82, 2.24) is 4.98 Å². The van der Waals surface area contributed by atoms with Gasteiger partial charge in [-0.15, -0.1) is 11.3 Å². The number of nitrogens with one attached hydrogen (secondary N) is 1. The molecule has 2 N–H and O–H groups in total. The van der Waals surface area contributed by atoms with Crippen molar-refractivity contribution < 1.29 is 19.1 Å². The largest absolute Gasteiger partial charge is 0.478 e. The molecule has 1 atom stereocenters. The zero-order valence-corrected chi connectivity index (χ0v) is 15.3. The molecule has 134 valence electrons. The standard InChI is InChI=1S/C19H12N2O4S2/c20-17-15(18-21-7-8-26-18)16(22)14(27-17)9-10-5-6-13(25-10)11-3-1-2-4-12(11)19(23)24/h1-9,15,20H,(H,23,24)/b14-9-,20-17?/t15-/m0/s1. The van der Waals surface area contributed by atoms with E-state index in [4.69, 9.17) is 9.83 Å². The van der Waals surface area contributed by atoms with Crippen LogP contribution < -0.4 is 0 Å². The second kappa shape index (κ2) is 6.98. The van der Waals surface area contributed by atoms with E-state index < -0.39 is 11.9 Å². The number of rotatable bonds is 4. The van der Waals surface area contributed by atoms with E-state index in [1.165, 1.54) is 17.4 Å². The summed E-state index contributed by atoms with van der Waals surface area (Å²) in [6.45, 7) is 0. The summed E-state index contributed by atoms with van der Waals surface area (Å²) in [5.74, 6) is -1.04. The maximum absolute atomic E-state index is 12.7. The van der Waals surface area contributed by atoms with Crippen LogP contribution in [0.15, 0.2) is 57.3 Å². The third-order valence-electron chi connectivity index (χ3n) is 4.01. The summed E-state index contributed by atoms with van der Waals surface area (Å²) in [5.41, 5.74) is 0.608. The first kappa shape index (κ1) is 17.4. The highest BCUT2D eigenvalue weighted by Gasteiger charge is 2.38. The van der Waals surface area contributed by atoms with Crippen LogP contribution in [0.2, 0.25) is 0 Å². The lowest BCUT2D eigenvalue weighted by Gasteiger charge is -2.02. The van der Waals surface area contributed by atoms with Crippen LogP contribution in [0.5, 0.6) is 0 Å². The Kier molecular flexibility index (Phi) is 4.51. The van der Waals surface area contributed by atoms with E-state index in [2.05, 4.69) is 4.98 Å². The van der Waals surface area contributed by atoms with Gasteiger partial charge in [0, 0.05) is 17.1 Å². The van der Waals surface area contributed by atoms with Crippen molar-refractivity contribution in [2.24, 2.45) is 0 Å². The fraction of sp³-hybridized carbons (Fsp3) is 0.0526. The highest BCUT2D eigenvalue weighted by atomic mass is 32.2. The molecule has 0 saturated carbocycles. The average Bonchev–Trinajstić information content (AvgIpc) is 3.37. The summed E-state index contributed by atoms with van der Waals surface area (Å²) in [5, 5.41) is 20.0. The number of ketones is 1. The predicted molar refractivity (Wildman–Crippen MR) is 104 cm³/mol. The Morgan fingerprint density at radius 1 is 1.26 bits per heavy atom. The molecule has 1 aliphatic heterocycles. The van der Waals surface area contributed by atoms with Crippen molar-refractivity contribution in [2.75, 3.05) is 0 Å². The van der Waals surface area contributed by atoms with Crippen LogP contribution in [0.25, 0.3) is 17.4 Å². The van der Waals surface area contributed by atoms with E-state index >= 15 is 0 Å². The molecule has 6 nitrogen and oxygen atoms in total. The molecule has 0 aliphatic carbocycles. The first-order valence-corrected chi connectivity index (χ1v) is 9.58. The third-order valence-corrected chi connectivity index (χ3v) is 5.84. The minimum absolute atomic E-state index is 0.142. The number of Topliss-reactive ketones (excluding diaryl/α,β-unsaturated/α-hetero) is 1. The first-order valence-electron chi connectivity index (χ1n) is 7.88. The number of aromatic nitrogens is 1. The van der Waals surface area contributed by atoms with Gasteiger partial charge in [0.05, 0.1) is 15.5 Å². The molecule has 0 bridgehead atoms. The lowest BCUT2D eigenvalue weighted by molar-refractivity contribution is -0.114. The van der Waals surface area contributed by atoms with E-state index in [1.54, 1.807) is 48.0 Å². The molecule has 1 aliphatic rings.